The molecule has 0 saturated carbocycles. The van der Waals surface area contributed by atoms with Crippen LogP contribution in [-0.2, 0) is 4.74 Å². The van der Waals surface area contributed by atoms with E-state index in [4.69, 9.17) is 19.9 Å². The maximum Gasteiger partial charge on any atom is 0.161 e. The van der Waals surface area contributed by atoms with Crippen LogP contribution in [0.4, 0.5) is 0 Å². The lowest BCUT2D eigenvalue weighted by Crippen LogP contribution is -2.28. The van der Waals surface area contributed by atoms with Gasteiger partial charge in [-0.25, -0.2) is 0 Å². The van der Waals surface area contributed by atoms with Gasteiger partial charge in [0.15, 0.2) is 11.5 Å². The molecular weight excluding hydrogens is 244 g/mol. The molecule has 0 aliphatic rings. The molecule has 0 amide bonds. The van der Waals surface area contributed by atoms with Crippen LogP contribution in [0.5, 0.6) is 11.5 Å². The monoisotopic (exact) mass is 268 g/mol. The van der Waals surface area contributed by atoms with Crippen molar-refractivity contribution in [3.8, 4) is 11.5 Å². The molecule has 0 aliphatic carbocycles. The van der Waals surface area contributed by atoms with Crippen molar-refractivity contribution in [2.24, 2.45) is 5.73 Å². The smallest absolute Gasteiger partial charge is 0.161 e. The van der Waals surface area contributed by atoms with Crippen molar-refractivity contribution in [2.45, 2.75) is 0 Å². The second-order valence-corrected chi connectivity index (χ2v) is 4.20. The molecule has 1 aromatic rings. The summed E-state index contributed by atoms with van der Waals surface area (Å²) in [5.74, 6) is 1.54. The number of para-hydroxylation sites is 2. The standard InChI is InChI=1S/C14H24N2O3/c1-16(8-11-18-10-7-15)9-12-19-14-6-4-3-5-13(14)17-2/h3-6H,7-12,15H2,1-2H3. The summed E-state index contributed by atoms with van der Waals surface area (Å²) < 4.78 is 16.2. The van der Waals surface area contributed by atoms with Gasteiger partial charge in [0.2, 0.25) is 0 Å². The maximum absolute atomic E-state index is 5.70. The van der Waals surface area contributed by atoms with Gasteiger partial charge in [-0.1, -0.05) is 12.1 Å². The second kappa shape index (κ2) is 9.61. The average Bonchev–Trinajstić information content (AvgIpc) is 2.44. The van der Waals surface area contributed by atoms with Crippen LogP contribution in [0.25, 0.3) is 0 Å². The van der Waals surface area contributed by atoms with E-state index in [1.165, 1.54) is 0 Å². The Hall–Kier alpha value is -1.30. The normalized spacial score (nSPS) is 10.7. The van der Waals surface area contributed by atoms with Crippen molar-refractivity contribution in [1.29, 1.82) is 0 Å². The molecule has 5 heteroatoms. The molecule has 0 unspecified atom stereocenters. The number of ether oxygens (including phenoxy) is 3. The van der Waals surface area contributed by atoms with Crippen molar-refractivity contribution in [3.05, 3.63) is 24.3 Å². The van der Waals surface area contributed by atoms with Gasteiger partial charge in [-0.2, -0.15) is 0 Å². The van der Waals surface area contributed by atoms with Crippen molar-refractivity contribution in [1.82, 2.24) is 4.90 Å². The molecule has 1 rings (SSSR count). The molecule has 1 aromatic carbocycles. The minimum Gasteiger partial charge on any atom is -0.493 e. The lowest BCUT2D eigenvalue weighted by molar-refractivity contribution is 0.112. The van der Waals surface area contributed by atoms with Gasteiger partial charge in [-0.3, -0.25) is 0 Å². The third kappa shape index (κ3) is 6.42. The van der Waals surface area contributed by atoms with E-state index < -0.39 is 0 Å². The van der Waals surface area contributed by atoms with Crippen LogP contribution in [0.1, 0.15) is 0 Å². The first-order chi connectivity index (χ1) is 9.27. The third-order valence-corrected chi connectivity index (χ3v) is 2.68. The first-order valence-corrected chi connectivity index (χ1v) is 6.50. The number of likely N-dealkylation sites (N-methyl/N-ethyl adjacent to an activating group) is 1. The number of rotatable bonds is 10. The quantitative estimate of drug-likeness (QED) is 0.641. The number of methoxy groups -OCH3 is 1. The molecule has 5 nitrogen and oxygen atoms in total. The molecule has 0 radical (unpaired) electrons. The highest BCUT2D eigenvalue weighted by Crippen LogP contribution is 2.25. The van der Waals surface area contributed by atoms with Gasteiger partial charge < -0.3 is 24.8 Å². The van der Waals surface area contributed by atoms with Crippen LogP contribution in [0.3, 0.4) is 0 Å². The van der Waals surface area contributed by atoms with Gasteiger partial charge in [-0.15, -0.1) is 0 Å². The molecular formula is C14H24N2O3. The molecule has 0 saturated heterocycles. The van der Waals surface area contributed by atoms with Crippen molar-refractivity contribution >= 4 is 0 Å². The van der Waals surface area contributed by atoms with Crippen LogP contribution in [-0.4, -0.2) is 58.5 Å². The topological polar surface area (TPSA) is 57.0 Å². The van der Waals surface area contributed by atoms with Crippen LogP contribution >= 0.6 is 0 Å². The summed E-state index contributed by atoms with van der Waals surface area (Å²) in [5.41, 5.74) is 5.35. The van der Waals surface area contributed by atoms with Crippen LogP contribution in [0, 0.1) is 0 Å². The van der Waals surface area contributed by atoms with Gasteiger partial charge in [0.25, 0.3) is 0 Å². The predicted octanol–water partition coefficient (Wildman–Crippen LogP) is 0.981. The molecule has 0 spiro atoms. The molecule has 19 heavy (non-hydrogen) atoms. The number of nitrogens with zero attached hydrogens (tertiary/aromatic N) is 1. The number of hydrogen-bond acceptors (Lipinski definition) is 5. The largest absolute Gasteiger partial charge is 0.493 e. The fourth-order valence-electron chi connectivity index (χ4n) is 1.57. The Kier molecular flexibility index (Phi) is 7.97. The van der Waals surface area contributed by atoms with E-state index in [2.05, 4.69) is 4.90 Å². The van der Waals surface area contributed by atoms with E-state index in [1.807, 2.05) is 31.3 Å². The first kappa shape index (κ1) is 15.8. The molecule has 0 atom stereocenters. The Bertz CT molecular complexity index is 347. The Labute approximate surface area is 115 Å². The van der Waals surface area contributed by atoms with E-state index in [0.29, 0.717) is 26.4 Å². The molecule has 108 valence electrons. The lowest BCUT2D eigenvalue weighted by atomic mass is 10.3. The highest BCUT2D eigenvalue weighted by Gasteiger charge is 2.03. The summed E-state index contributed by atoms with van der Waals surface area (Å²) in [6.07, 6.45) is 0. The predicted molar refractivity (Wildman–Crippen MR) is 75.9 cm³/mol. The summed E-state index contributed by atoms with van der Waals surface area (Å²) in [4.78, 5) is 2.16. The van der Waals surface area contributed by atoms with Gasteiger partial charge in [0.05, 0.1) is 20.3 Å². The van der Waals surface area contributed by atoms with Gasteiger partial charge in [0.1, 0.15) is 6.61 Å². The van der Waals surface area contributed by atoms with E-state index >= 15 is 0 Å². The molecule has 0 aliphatic heterocycles. The molecule has 0 fully saturated rings. The zero-order chi connectivity index (χ0) is 13.9. The highest BCUT2D eigenvalue weighted by atomic mass is 16.5. The number of hydrogen-bond donors (Lipinski definition) is 1. The number of nitrogens with two attached hydrogens (primary N) is 1. The molecule has 2 N–H and O–H groups in total. The Morgan fingerprint density at radius 3 is 2.42 bits per heavy atom. The fourth-order valence-corrected chi connectivity index (χ4v) is 1.57. The molecule has 0 heterocycles. The van der Waals surface area contributed by atoms with E-state index in [0.717, 1.165) is 24.6 Å². The van der Waals surface area contributed by atoms with Gasteiger partial charge in [-0.05, 0) is 19.2 Å². The number of benzene rings is 1. The summed E-state index contributed by atoms with van der Waals surface area (Å²) in [6, 6.07) is 7.65. The van der Waals surface area contributed by atoms with Crippen LogP contribution < -0.4 is 15.2 Å². The van der Waals surface area contributed by atoms with Crippen LogP contribution in [0.2, 0.25) is 0 Å². The molecule has 0 aromatic heterocycles. The fraction of sp³-hybridized carbons (Fsp3) is 0.571. The Morgan fingerprint density at radius 2 is 1.74 bits per heavy atom. The zero-order valence-electron chi connectivity index (χ0n) is 11.8. The van der Waals surface area contributed by atoms with Crippen molar-refractivity contribution in [2.75, 3.05) is 53.6 Å². The van der Waals surface area contributed by atoms with Gasteiger partial charge >= 0.3 is 0 Å². The minimum atomic E-state index is 0.570. The van der Waals surface area contributed by atoms with Crippen LogP contribution in [0.15, 0.2) is 24.3 Å². The third-order valence-electron chi connectivity index (χ3n) is 2.68. The lowest BCUT2D eigenvalue weighted by Gasteiger charge is -2.17. The second-order valence-electron chi connectivity index (χ2n) is 4.20. The summed E-state index contributed by atoms with van der Waals surface area (Å²) in [7, 11) is 3.68. The van der Waals surface area contributed by atoms with Crippen molar-refractivity contribution in [3.63, 3.8) is 0 Å². The average molecular weight is 268 g/mol. The van der Waals surface area contributed by atoms with E-state index in [9.17, 15) is 0 Å². The summed E-state index contributed by atoms with van der Waals surface area (Å²) in [5, 5.41) is 0. The first-order valence-electron chi connectivity index (χ1n) is 6.50. The molecule has 0 bridgehead atoms. The zero-order valence-corrected chi connectivity index (χ0v) is 11.8. The highest BCUT2D eigenvalue weighted by molar-refractivity contribution is 5.39. The minimum absolute atomic E-state index is 0.570. The van der Waals surface area contributed by atoms with Gasteiger partial charge in [0, 0.05) is 19.6 Å². The maximum atomic E-state index is 5.70. The summed E-state index contributed by atoms with van der Waals surface area (Å²) >= 11 is 0. The SMILES string of the molecule is COc1ccccc1OCCN(C)CCOCCN. The van der Waals surface area contributed by atoms with Crippen molar-refractivity contribution < 1.29 is 14.2 Å². The Balaban J connectivity index is 2.18. The van der Waals surface area contributed by atoms with E-state index in [-0.39, 0.29) is 0 Å². The summed E-state index contributed by atoms with van der Waals surface area (Å²) in [6.45, 7) is 4.21. The Morgan fingerprint density at radius 1 is 1.05 bits per heavy atom. The van der Waals surface area contributed by atoms with E-state index in [1.54, 1.807) is 7.11 Å².